The smallest absolute Gasteiger partial charge is 0.146 e. The molecule has 0 amide bonds. The number of Topliss-reactive ketones (excluding diaryl/α,β-unsaturated/α-hetero) is 2. The van der Waals surface area contributed by atoms with Gasteiger partial charge in [0.2, 0.25) is 0 Å². The molecule has 0 aliphatic carbocycles. The maximum atomic E-state index is 10.9. The van der Waals surface area contributed by atoms with Crippen LogP contribution in [-0.2, 0) is 9.59 Å². The molecule has 0 saturated heterocycles. The molecule has 0 aromatic carbocycles. The number of rotatable bonds is 4. The summed E-state index contributed by atoms with van der Waals surface area (Å²) in [6.45, 7) is 6.18. The number of ketones is 2. The number of hydrogen-bond donors (Lipinski definition) is 0. The van der Waals surface area contributed by atoms with Crippen LogP contribution in [0.1, 0.15) is 13.8 Å². The molecule has 0 aliphatic rings. The van der Waals surface area contributed by atoms with Crippen LogP contribution in [0.4, 0.5) is 0 Å². The second-order valence-electron chi connectivity index (χ2n) is 2.26. The van der Waals surface area contributed by atoms with Crippen molar-refractivity contribution in [2.24, 2.45) is 5.92 Å². The van der Waals surface area contributed by atoms with Gasteiger partial charge in [0.1, 0.15) is 17.5 Å². The molecule has 0 spiro atoms. The van der Waals surface area contributed by atoms with Gasteiger partial charge in [0, 0.05) is 0 Å². The van der Waals surface area contributed by atoms with Crippen molar-refractivity contribution in [3.63, 3.8) is 0 Å². The van der Waals surface area contributed by atoms with Gasteiger partial charge >= 0.3 is 0 Å². The van der Waals surface area contributed by atoms with E-state index in [-0.39, 0.29) is 11.6 Å². The lowest BCUT2D eigenvalue weighted by Gasteiger charge is -2.08. The van der Waals surface area contributed by atoms with Crippen molar-refractivity contribution in [1.82, 2.24) is 0 Å². The number of thioether (sulfide) groups is 1. The van der Waals surface area contributed by atoms with E-state index in [4.69, 9.17) is 12.2 Å². The van der Waals surface area contributed by atoms with Gasteiger partial charge in [0.25, 0.3) is 0 Å². The van der Waals surface area contributed by atoms with Crippen LogP contribution in [0.3, 0.4) is 0 Å². The Hall–Kier alpha value is -0.480. The SMILES string of the molecule is C=CSC(=S)C(C(C)=O)C(C)=O. The Balaban J connectivity index is 4.51. The molecule has 0 N–H and O–H groups in total. The van der Waals surface area contributed by atoms with E-state index in [1.54, 1.807) is 0 Å². The summed E-state index contributed by atoms with van der Waals surface area (Å²) in [6, 6.07) is 0. The Morgan fingerprint density at radius 1 is 1.42 bits per heavy atom. The first-order chi connectivity index (χ1) is 5.50. The summed E-state index contributed by atoms with van der Waals surface area (Å²) in [5.41, 5.74) is 0. The van der Waals surface area contributed by atoms with E-state index in [1.165, 1.54) is 19.3 Å². The predicted octanol–water partition coefficient (Wildman–Crippen LogP) is 1.98. The summed E-state index contributed by atoms with van der Waals surface area (Å²) >= 11 is 6.03. The summed E-state index contributed by atoms with van der Waals surface area (Å²) < 4.78 is 0.380. The van der Waals surface area contributed by atoms with Gasteiger partial charge in [-0.15, -0.1) is 0 Å². The van der Waals surface area contributed by atoms with E-state index in [1.807, 2.05) is 0 Å². The zero-order valence-corrected chi connectivity index (χ0v) is 8.63. The Morgan fingerprint density at radius 3 is 2.08 bits per heavy atom. The minimum absolute atomic E-state index is 0.207. The van der Waals surface area contributed by atoms with Gasteiger partial charge < -0.3 is 0 Å². The van der Waals surface area contributed by atoms with Crippen LogP contribution in [0.25, 0.3) is 0 Å². The third-order valence-electron chi connectivity index (χ3n) is 1.25. The average molecular weight is 202 g/mol. The molecule has 0 rings (SSSR count). The summed E-state index contributed by atoms with van der Waals surface area (Å²) in [6.07, 6.45) is 0. The molecule has 0 radical (unpaired) electrons. The Morgan fingerprint density at radius 2 is 1.83 bits per heavy atom. The molecule has 0 atom stereocenters. The highest BCUT2D eigenvalue weighted by Crippen LogP contribution is 2.16. The minimum atomic E-state index is -0.747. The number of hydrogen-bond acceptors (Lipinski definition) is 4. The first-order valence-electron chi connectivity index (χ1n) is 3.33. The van der Waals surface area contributed by atoms with Crippen LogP contribution < -0.4 is 0 Å². The second kappa shape index (κ2) is 5.22. The van der Waals surface area contributed by atoms with Crippen LogP contribution in [0, 0.1) is 5.92 Å². The number of thiocarbonyl (C=S) groups is 1. The summed E-state index contributed by atoms with van der Waals surface area (Å²) in [5.74, 6) is -1.16. The maximum Gasteiger partial charge on any atom is 0.146 e. The lowest BCUT2D eigenvalue weighted by atomic mass is 10.0. The fraction of sp³-hybridized carbons (Fsp3) is 0.375. The fourth-order valence-corrected chi connectivity index (χ4v) is 1.94. The van der Waals surface area contributed by atoms with Crippen molar-refractivity contribution in [2.45, 2.75) is 13.8 Å². The first kappa shape index (κ1) is 11.5. The van der Waals surface area contributed by atoms with E-state index >= 15 is 0 Å². The predicted molar refractivity (Wildman–Crippen MR) is 55.2 cm³/mol. The average Bonchev–Trinajstić information content (AvgIpc) is 1.85. The third kappa shape index (κ3) is 3.28. The van der Waals surface area contributed by atoms with Crippen LogP contribution in [0.15, 0.2) is 12.0 Å². The molecule has 0 aromatic heterocycles. The van der Waals surface area contributed by atoms with Gasteiger partial charge in [-0.05, 0) is 19.3 Å². The summed E-state index contributed by atoms with van der Waals surface area (Å²) in [7, 11) is 0. The molecule has 0 heterocycles. The van der Waals surface area contributed by atoms with E-state index in [9.17, 15) is 9.59 Å². The highest BCUT2D eigenvalue weighted by molar-refractivity contribution is 8.25. The molecule has 66 valence electrons. The lowest BCUT2D eigenvalue weighted by Crippen LogP contribution is -2.25. The number of carbonyl (C=O) groups excluding carboxylic acids is 2. The normalized spacial score (nSPS) is 9.58. The highest BCUT2D eigenvalue weighted by Gasteiger charge is 2.23. The molecule has 0 aromatic rings. The first-order valence-corrected chi connectivity index (χ1v) is 4.61. The molecule has 0 unspecified atom stereocenters. The minimum Gasteiger partial charge on any atom is -0.299 e. The van der Waals surface area contributed by atoms with Crippen molar-refractivity contribution in [3.05, 3.63) is 12.0 Å². The topological polar surface area (TPSA) is 34.1 Å². The third-order valence-corrected chi connectivity index (χ3v) is 2.41. The van der Waals surface area contributed by atoms with Crippen molar-refractivity contribution < 1.29 is 9.59 Å². The molecule has 2 nitrogen and oxygen atoms in total. The largest absolute Gasteiger partial charge is 0.299 e. The van der Waals surface area contributed by atoms with Crippen molar-refractivity contribution in [2.75, 3.05) is 0 Å². The zero-order chi connectivity index (χ0) is 9.72. The molecule has 0 aliphatic heterocycles. The lowest BCUT2D eigenvalue weighted by molar-refractivity contribution is -0.127. The summed E-state index contributed by atoms with van der Waals surface area (Å²) in [5, 5.41) is 1.52. The second-order valence-corrected chi connectivity index (χ2v) is 3.96. The van der Waals surface area contributed by atoms with Gasteiger partial charge in [-0.1, -0.05) is 30.6 Å². The van der Waals surface area contributed by atoms with E-state index in [2.05, 4.69) is 6.58 Å². The van der Waals surface area contributed by atoms with E-state index in [0.717, 1.165) is 11.8 Å². The fourth-order valence-electron chi connectivity index (χ4n) is 0.768. The van der Waals surface area contributed by atoms with E-state index in [0.29, 0.717) is 4.20 Å². The van der Waals surface area contributed by atoms with Gasteiger partial charge in [-0.2, -0.15) is 0 Å². The van der Waals surface area contributed by atoms with Crippen molar-refractivity contribution in [3.8, 4) is 0 Å². The Bertz CT molecular complexity index is 219. The Labute approximate surface area is 81.4 Å². The van der Waals surface area contributed by atoms with E-state index < -0.39 is 5.92 Å². The van der Waals surface area contributed by atoms with Gasteiger partial charge in [0.05, 0.1) is 4.20 Å². The van der Waals surface area contributed by atoms with Crippen LogP contribution in [0.5, 0.6) is 0 Å². The molecular formula is C8H10O2S2. The van der Waals surface area contributed by atoms with Gasteiger partial charge in [-0.3, -0.25) is 9.59 Å². The molecule has 4 heteroatoms. The maximum absolute atomic E-state index is 10.9. The quantitative estimate of drug-likeness (QED) is 0.515. The van der Waals surface area contributed by atoms with Gasteiger partial charge in [-0.25, -0.2) is 0 Å². The van der Waals surface area contributed by atoms with Crippen LogP contribution >= 0.6 is 24.0 Å². The zero-order valence-electron chi connectivity index (χ0n) is 6.99. The monoisotopic (exact) mass is 202 g/mol. The highest BCUT2D eigenvalue weighted by atomic mass is 32.2. The van der Waals surface area contributed by atoms with Crippen LogP contribution in [-0.4, -0.2) is 15.8 Å². The van der Waals surface area contributed by atoms with Crippen LogP contribution in [0.2, 0.25) is 0 Å². The standard InChI is InChI=1S/C8H10O2S2/c1-4-12-8(11)7(5(2)9)6(3)10/h4,7H,1H2,2-3H3. The molecule has 0 fully saturated rings. The summed E-state index contributed by atoms with van der Waals surface area (Å²) in [4.78, 5) is 21.9. The van der Waals surface area contributed by atoms with Gasteiger partial charge in [0.15, 0.2) is 0 Å². The van der Waals surface area contributed by atoms with Crippen molar-refractivity contribution in [1.29, 1.82) is 0 Å². The van der Waals surface area contributed by atoms with Crippen molar-refractivity contribution >= 4 is 39.7 Å². The molecule has 12 heavy (non-hydrogen) atoms. The number of carbonyl (C=O) groups is 2. The Kier molecular flexibility index (Phi) is 5.01. The molecule has 0 bridgehead atoms. The molecule has 0 saturated carbocycles. The molecular weight excluding hydrogens is 192 g/mol.